The van der Waals surface area contributed by atoms with Crippen LogP contribution < -0.4 is 16.0 Å². The Hall–Kier alpha value is -2.23. The Morgan fingerprint density at radius 3 is 2.61 bits per heavy atom. The highest BCUT2D eigenvalue weighted by Gasteiger charge is 2.24. The monoisotopic (exact) mass is 500 g/mol. The number of para-hydroxylation sites is 1. The van der Waals surface area contributed by atoms with Gasteiger partial charge in [0.05, 0.1) is 0 Å². The fraction of sp³-hybridized carbons (Fsp3) is 0.300. The van der Waals surface area contributed by atoms with Gasteiger partial charge in [-0.25, -0.2) is 8.78 Å². The normalized spacial score (nSPS) is 15.9. The van der Waals surface area contributed by atoms with Crippen molar-refractivity contribution >= 4 is 41.5 Å². The van der Waals surface area contributed by atoms with Crippen LogP contribution in [-0.2, 0) is 11.2 Å². The van der Waals surface area contributed by atoms with Crippen LogP contribution in [0.1, 0.15) is 23.5 Å². The first-order valence-electron chi connectivity index (χ1n) is 8.83. The minimum atomic E-state index is -0.582. The summed E-state index contributed by atoms with van der Waals surface area (Å²) in [5.41, 5.74) is 2.51. The van der Waals surface area contributed by atoms with Gasteiger partial charge in [-0.1, -0.05) is 18.2 Å². The maximum atomic E-state index is 13.2. The zero-order valence-corrected chi connectivity index (χ0v) is 17.8. The summed E-state index contributed by atoms with van der Waals surface area (Å²) < 4.78 is 26.5. The molecule has 150 valence electrons. The highest BCUT2D eigenvalue weighted by molar-refractivity contribution is 14.0. The number of nitrogens with zero attached hydrogens (tertiary/aromatic N) is 1. The van der Waals surface area contributed by atoms with Crippen molar-refractivity contribution in [1.82, 2.24) is 10.6 Å². The predicted molar refractivity (Wildman–Crippen MR) is 117 cm³/mol. The van der Waals surface area contributed by atoms with Crippen molar-refractivity contribution in [3.05, 3.63) is 65.2 Å². The lowest BCUT2D eigenvalue weighted by atomic mass is 9.90. The molecule has 2 aromatic rings. The van der Waals surface area contributed by atoms with Crippen molar-refractivity contribution in [3.8, 4) is 0 Å². The first kappa shape index (κ1) is 22.1. The molecule has 0 fully saturated rings. The summed E-state index contributed by atoms with van der Waals surface area (Å²) in [5.74, 6) is -0.541. The number of anilines is 1. The molecule has 0 spiro atoms. The molecule has 0 radical (unpaired) electrons. The van der Waals surface area contributed by atoms with Crippen LogP contribution >= 0.6 is 24.0 Å². The van der Waals surface area contributed by atoms with Gasteiger partial charge < -0.3 is 16.0 Å². The van der Waals surface area contributed by atoms with E-state index < -0.39 is 11.6 Å². The van der Waals surface area contributed by atoms with E-state index in [2.05, 4.69) is 20.9 Å². The molecular formula is C20H23F2IN4O. The third kappa shape index (κ3) is 5.88. The minimum absolute atomic E-state index is 0. The van der Waals surface area contributed by atoms with Crippen LogP contribution in [0, 0.1) is 11.6 Å². The lowest BCUT2D eigenvalue weighted by Gasteiger charge is -2.26. The van der Waals surface area contributed by atoms with Crippen molar-refractivity contribution in [3.63, 3.8) is 0 Å². The molecule has 1 aliphatic rings. The molecule has 2 aromatic carbocycles. The van der Waals surface area contributed by atoms with Crippen LogP contribution in [0.25, 0.3) is 0 Å². The van der Waals surface area contributed by atoms with Gasteiger partial charge in [-0.05, 0) is 35.7 Å². The first-order valence-corrected chi connectivity index (χ1v) is 8.83. The number of carbonyl (C=O) groups is 1. The van der Waals surface area contributed by atoms with Gasteiger partial charge in [0, 0.05) is 44.2 Å². The molecule has 0 bridgehead atoms. The highest BCUT2D eigenvalue weighted by Crippen LogP contribution is 2.31. The van der Waals surface area contributed by atoms with E-state index in [0.29, 0.717) is 37.5 Å². The van der Waals surface area contributed by atoms with Crippen molar-refractivity contribution in [2.24, 2.45) is 4.99 Å². The van der Waals surface area contributed by atoms with E-state index in [1.54, 1.807) is 7.05 Å². The van der Waals surface area contributed by atoms with E-state index in [9.17, 15) is 13.6 Å². The molecule has 1 atom stereocenters. The summed E-state index contributed by atoms with van der Waals surface area (Å²) in [4.78, 5) is 16.0. The number of hydrogen-bond acceptors (Lipinski definition) is 2. The van der Waals surface area contributed by atoms with Crippen molar-refractivity contribution in [2.45, 2.75) is 18.8 Å². The van der Waals surface area contributed by atoms with Crippen molar-refractivity contribution in [1.29, 1.82) is 0 Å². The third-order valence-electron chi connectivity index (χ3n) is 4.47. The van der Waals surface area contributed by atoms with Gasteiger partial charge in [0.15, 0.2) is 5.96 Å². The van der Waals surface area contributed by atoms with Crippen LogP contribution in [-0.4, -0.2) is 32.0 Å². The quantitative estimate of drug-likeness (QED) is 0.335. The van der Waals surface area contributed by atoms with Gasteiger partial charge in [-0.15, -0.1) is 24.0 Å². The maximum Gasteiger partial charge on any atom is 0.225 e. The fourth-order valence-corrected chi connectivity index (χ4v) is 3.20. The van der Waals surface area contributed by atoms with Crippen molar-refractivity contribution in [2.75, 3.05) is 25.5 Å². The molecule has 3 N–H and O–H groups in total. The van der Waals surface area contributed by atoms with Gasteiger partial charge in [-0.3, -0.25) is 9.79 Å². The fourth-order valence-electron chi connectivity index (χ4n) is 3.20. The largest absolute Gasteiger partial charge is 0.356 e. The average Bonchev–Trinajstić information content (AvgIpc) is 2.63. The maximum absolute atomic E-state index is 13.2. The molecule has 1 unspecified atom stereocenters. The smallest absolute Gasteiger partial charge is 0.225 e. The van der Waals surface area contributed by atoms with Gasteiger partial charge in [0.25, 0.3) is 0 Å². The Balaban J connectivity index is 0.00000280. The molecule has 1 heterocycles. The number of halogens is 3. The molecule has 8 heteroatoms. The molecule has 0 aromatic heterocycles. The van der Waals surface area contributed by atoms with Gasteiger partial charge in [0.1, 0.15) is 11.6 Å². The Bertz CT molecular complexity index is 840. The number of rotatable bonds is 5. The molecule has 0 saturated carbocycles. The van der Waals surface area contributed by atoms with Crippen LogP contribution in [0.2, 0.25) is 0 Å². The SMILES string of the molecule is CN=C(NCCc1cc(F)cc(F)c1)NCC1CC(=O)Nc2ccccc21.I. The van der Waals surface area contributed by atoms with Crippen LogP contribution in [0.15, 0.2) is 47.5 Å². The molecule has 1 amide bonds. The molecular weight excluding hydrogens is 477 g/mol. The molecule has 3 rings (SSSR count). The van der Waals surface area contributed by atoms with Crippen molar-refractivity contribution < 1.29 is 13.6 Å². The van der Waals surface area contributed by atoms with Gasteiger partial charge >= 0.3 is 0 Å². The van der Waals surface area contributed by atoms with Gasteiger partial charge in [-0.2, -0.15) is 0 Å². The van der Waals surface area contributed by atoms with Crippen LogP contribution in [0.5, 0.6) is 0 Å². The van der Waals surface area contributed by atoms with E-state index in [4.69, 9.17) is 0 Å². The second kappa shape index (κ2) is 10.4. The number of guanidine groups is 1. The Labute approximate surface area is 180 Å². The topological polar surface area (TPSA) is 65.5 Å². The van der Waals surface area contributed by atoms with E-state index >= 15 is 0 Å². The highest BCUT2D eigenvalue weighted by atomic mass is 127. The summed E-state index contributed by atoms with van der Waals surface area (Å²) in [5, 5.41) is 9.22. The summed E-state index contributed by atoms with van der Waals surface area (Å²) >= 11 is 0. The zero-order valence-electron chi connectivity index (χ0n) is 15.5. The van der Waals surface area contributed by atoms with E-state index in [1.165, 1.54) is 12.1 Å². The van der Waals surface area contributed by atoms with E-state index in [1.807, 2.05) is 24.3 Å². The Morgan fingerprint density at radius 1 is 1.18 bits per heavy atom. The summed E-state index contributed by atoms with van der Waals surface area (Å²) in [6, 6.07) is 11.2. The number of hydrogen-bond donors (Lipinski definition) is 3. The Kier molecular flexibility index (Phi) is 8.16. The lowest BCUT2D eigenvalue weighted by molar-refractivity contribution is -0.116. The molecule has 28 heavy (non-hydrogen) atoms. The number of benzene rings is 2. The summed E-state index contributed by atoms with van der Waals surface area (Å²) in [7, 11) is 1.65. The standard InChI is InChI=1S/C20H22F2N4O.HI/c1-23-20(24-7-6-13-8-15(21)11-16(22)9-13)25-12-14-10-19(27)26-18-5-3-2-4-17(14)18;/h2-5,8-9,11,14H,6-7,10,12H2,1H3,(H,26,27)(H2,23,24,25);1H. The second-order valence-electron chi connectivity index (χ2n) is 6.44. The Morgan fingerprint density at radius 2 is 1.89 bits per heavy atom. The van der Waals surface area contributed by atoms with E-state index in [0.717, 1.165) is 17.3 Å². The summed E-state index contributed by atoms with van der Waals surface area (Å²) in [6.07, 6.45) is 0.869. The minimum Gasteiger partial charge on any atom is -0.356 e. The average molecular weight is 500 g/mol. The number of aliphatic imine (C=N–C) groups is 1. The lowest BCUT2D eigenvalue weighted by Crippen LogP contribution is -2.41. The number of fused-ring (bicyclic) bond motifs is 1. The second-order valence-corrected chi connectivity index (χ2v) is 6.44. The van der Waals surface area contributed by atoms with Crippen LogP contribution in [0.3, 0.4) is 0 Å². The van der Waals surface area contributed by atoms with Crippen LogP contribution in [0.4, 0.5) is 14.5 Å². The molecule has 5 nitrogen and oxygen atoms in total. The molecule has 1 aliphatic heterocycles. The van der Waals surface area contributed by atoms with E-state index in [-0.39, 0.29) is 35.8 Å². The molecule has 0 aliphatic carbocycles. The predicted octanol–water partition coefficient (Wildman–Crippen LogP) is 3.42. The third-order valence-corrected chi connectivity index (χ3v) is 4.47. The summed E-state index contributed by atoms with van der Waals surface area (Å²) in [6.45, 7) is 1.03. The first-order chi connectivity index (χ1) is 13.0. The zero-order chi connectivity index (χ0) is 19.2. The number of nitrogens with one attached hydrogen (secondary N) is 3. The molecule has 0 saturated heterocycles. The number of carbonyl (C=O) groups excluding carboxylic acids is 1. The van der Waals surface area contributed by atoms with Gasteiger partial charge in [0.2, 0.25) is 5.91 Å². The number of amides is 1.